The van der Waals surface area contributed by atoms with Crippen LogP contribution in [0, 0.1) is 0 Å². The van der Waals surface area contributed by atoms with Crippen LogP contribution in [0.15, 0.2) is 28.8 Å². The van der Waals surface area contributed by atoms with Gasteiger partial charge in [-0.15, -0.1) is 11.3 Å². The van der Waals surface area contributed by atoms with Gasteiger partial charge in [0.25, 0.3) is 0 Å². The quantitative estimate of drug-likeness (QED) is 0.682. The third kappa shape index (κ3) is 2.10. The van der Waals surface area contributed by atoms with Crippen molar-refractivity contribution in [2.45, 2.75) is 18.9 Å². The van der Waals surface area contributed by atoms with Gasteiger partial charge in [-0.1, -0.05) is 35.0 Å². The monoisotopic (exact) mass is 333 g/mol. The molecule has 0 spiro atoms. The average molecular weight is 334 g/mol. The average Bonchev–Trinajstić information content (AvgIpc) is 3.25. The number of aromatic nitrogens is 2. The van der Waals surface area contributed by atoms with E-state index in [1.165, 1.54) is 11.3 Å². The minimum absolute atomic E-state index is 0.119. The summed E-state index contributed by atoms with van der Waals surface area (Å²) in [6.45, 7) is 0.732. The number of thiophene rings is 1. The van der Waals surface area contributed by atoms with Gasteiger partial charge in [0.05, 0.1) is 9.90 Å². The fraction of sp³-hybridized carbons (Fsp3) is 0.267. The Morgan fingerprint density at radius 2 is 2.27 bits per heavy atom. The van der Waals surface area contributed by atoms with Gasteiger partial charge < -0.3 is 9.42 Å². The van der Waals surface area contributed by atoms with Gasteiger partial charge in [-0.2, -0.15) is 4.98 Å². The Kier molecular flexibility index (Phi) is 3.35. The van der Waals surface area contributed by atoms with E-state index in [2.05, 4.69) is 10.1 Å². The van der Waals surface area contributed by atoms with Crippen LogP contribution in [-0.2, 0) is 4.79 Å². The molecule has 0 radical (unpaired) electrons. The minimum Gasteiger partial charge on any atom is -0.337 e. The van der Waals surface area contributed by atoms with Crippen molar-refractivity contribution in [3.05, 3.63) is 35.2 Å². The number of carbonyl (C=O) groups excluding carboxylic acids is 1. The molecule has 0 saturated carbocycles. The van der Waals surface area contributed by atoms with Crippen LogP contribution in [0.2, 0.25) is 5.02 Å². The van der Waals surface area contributed by atoms with Gasteiger partial charge in [-0.05, 0) is 18.9 Å². The molecule has 1 saturated heterocycles. The van der Waals surface area contributed by atoms with E-state index in [1.807, 2.05) is 24.3 Å². The standard InChI is InChI=1S/C15H12ClN3O2S/c16-12-9-4-1-2-6-11(9)22-13(12)14-17-15(21-18-14)10-5-3-7-19(10)8-20/h1-2,4,6,8,10H,3,5,7H2. The molecular formula is C15H12ClN3O2S. The lowest BCUT2D eigenvalue weighted by Gasteiger charge is -2.14. The minimum atomic E-state index is -0.119. The molecule has 1 unspecified atom stereocenters. The van der Waals surface area contributed by atoms with Crippen molar-refractivity contribution < 1.29 is 9.32 Å². The SMILES string of the molecule is O=CN1CCCC1c1nc(-c2sc3ccccc3c2Cl)no1. The number of fused-ring (bicyclic) bond motifs is 1. The van der Waals surface area contributed by atoms with Crippen LogP contribution in [-0.4, -0.2) is 28.0 Å². The number of rotatable bonds is 3. The molecule has 7 heteroatoms. The molecule has 0 bridgehead atoms. The summed E-state index contributed by atoms with van der Waals surface area (Å²) in [7, 11) is 0. The maximum absolute atomic E-state index is 11.1. The zero-order valence-corrected chi connectivity index (χ0v) is 13.1. The van der Waals surface area contributed by atoms with E-state index in [0.29, 0.717) is 16.7 Å². The van der Waals surface area contributed by atoms with Crippen LogP contribution in [0.4, 0.5) is 0 Å². The van der Waals surface area contributed by atoms with Crippen LogP contribution in [0.25, 0.3) is 20.8 Å². The van der Waals surface area contributed by atoms with E-state index in [1.54, 1.807) is 4.90 Å². The number of hydrogen-bond acceptors (Lipinski definition) is 5. The molecule has 4 rings (SSSR count). The first kappa shape index (κ1) is 13.7. The van der Waals surface area contributed by atoms with Crippen molar-refractivity contribution in [1.29, 1.82) is 0 Å². The van der Waals surface area contributed by atoms with E-state index in [9.17, 15) is 4.79 Å². The highest BCUT2D eigenvalue weighted by Gasteiger charge is 2.30. The second kappa shape index (κ2) is 5.37. The summed E-state index contributed by atoms with van der Waals surface area (Å²) in [5.74, 6) is 0.965. The fourth-order valence-corrected chi connectivity index (χ4v) is 4.24. The Morgan fingerprint density at radius 3 is 3.09 bits per heavy atom. The first-order chi connectivity index (χ1) is 10.8. The number of benzene rings is 1. The van der Waals surface area contributed by atoms with Crippen LogP contribution < -0.4 is 0 Å². The molecule has 112 valence electrons. The van der Waals surface area contributed by atoms with Gasteiger partial charge in [0, 0.05) is 16.6 Å². The summed E-state index contributed by atoms with van der Waals surface area (Å²) < 4.78 is 6.46. The van der Waals surface area contributed by atoms with E-state index >= 15 is 0 Å². The van der Waals surface area contributed by atoms with Gasteiger partial charge in [0.15, 0.2) is 0 Å². The number of hydrogen-bond donors (Lipinski definition) is 0. The van der Waals surface area contributed by atoms with Crippen molar-refractivity contribution in [2.24, 2.45) is 0 Å². The normalized spacial score (nSPS) is 18.2. The molecule has 1 atom stereocenters. The molecule has 3 aromatic rings. The first-order valence-electron chi connectivity index (χ1n) is 7.00. The maximum Gasteiger partial charge on any atom is 0.249 e. The first-order valence-corrected chi connectivity index (χ1v) is 8.19. The largest absolute Gasteiger partial charge is 0.337 e. The second-order valence-electron chi connectivity index (χ2n) is 5.20. The van der Waals surface area contributed by atoms with Crippen LogP contribution in [0.1, 0.15) is 24.8 Å². The van der Waals surface area contributed by atoms with E-state index in [0.717, 1.165) is 40.8 Å². The lowest BCUT2D eigenvalue weighted by Crippen LogP contribution is -2.21. The van der Waals surface area contributed by atoms with Gasteiger partial charge >= 0.3 is 0 Å². The number of halogens is 1. The molecule has 1 amide bonds. The summed E-state index contributed by atoms with van der Waals surface area (Å²) in [6.07, 6.45) is 2.64. The zero-order valence-electron chi connectivity index (χ0n) is 11.5. The van der Waals surface area contributed by atoms with E-state index < -0.39 is 0 Å². The van der Waals surface area contributed by atoms with Crippen LogP contribution >= 0.6 is 22.9 Å². The lowest BCUT2D eigenvalue weighted by atomic mass is 10.2. The third-order valence-electron chi connectivity index (χ3n) is 3.89. The Balaban J connectivity index is 1.74. The third-order valence-corrected chi connectivity index (χ3v) is 5.57. The molecule has 3 heterocycles. The molecular weight excluding hydrogens is 322 g/mol. The maximum atomic E-state index is 11.1. The van der Waals surface area contributed by atoms with Crippen molar-refractivity contribution in [3.8, 4) is 10.7 Å². The highest BCUT2D eigenvalue weighted by molar-refractivity contribution is 7.23. The lowest BCUT2D eigenvalue weighted by molar-refractivity contribution is -0.119. The molecule has 1 fully saturated rings. The summed E-state index contributed by atoms with van der Waals surface area (Å²) in [4.78, 5) is 18.0. The van der Waals surface area contributed by atoms with Crippen molar-refractivity contribution in [2.75, 3.05) is 6.54 Å². The summed E-state index contributed by atoms with van der Waals surface area (Å²) in [5.41, 5.74) is 0. The Morgan fingerprint density at radius 1 is 1.41 bits per heavy atom. The highest BCUT2D eigenvalue weighted by atomic mass is 35.5. The fourth-order valence-electron chi connectivity index (χ4n) is 2.80. The zero-order chi connectivity index (χ0) is 15.1. The predicted octanol–water partition coefficient (Wildman–Crippen LogP) is 3.90. The highest BCUT2D eigenvalue weighted by Crippen LogP contribution is 2.41. The molecule has 1 aliphatic heterocycles. The number of carbonyl (C=O) groups is 1. The second-order valence-corrected chi connectivity index (χ2v) is 6.63. The van der Waals surface area contributed by atoms with Gasteiger partial charge in [0.2, 0.25) is 18.1 Å². The van der Waals surface area contributed by atoms with E-state index in [4.69, 9.17) is 16.1 Å². The molecule has 0 N–H and O–H groups in total. The van der Waals surface area contributed by atoms with Gasteiger partial charge in [0.1, 0.15) is 6.04 Å². The van der Waals surface area contributed by atoms with Crippen molar-refractivity contribution in [1.82, 2.24) is 15.0 Å². The van der Waals surface area contributed by atoms with Crippen LogP contribution in [0.3, 0.4) is 0 Å². The number of amides is 1. The molecule has 1 aromatic carbocycles. The topological polar surface area (TPSA) is 59.2 Å². The number of nitrogens with zero attached hydrogens (tertiary/aromatic N) is 3. The molecule has 22 heavy (non-hydrogen) atoms. The summed E-state index contributed by atoms with van der Waals surface area (Å²) >= 11 is 7.98. The van der Waals surface area contributed by atoms with Gasteiger partial charge in [-0.3, -0.25) is 4.79 Å². The predicted molar refractivity (Wildman–Crippen MR) is 84.9 cm³/mol. The Hall–Kier alpha value is -1.92. The molecule has 2 aromatic heterocycles. The van der Waals surface area contributed by atoms with Crippen LogP contribution in [0.5, 0.6) is 0 Å². The number of likely N-dealkylation sites (tertiary alicyclic amines) is 1. The molecule has 0 aliphatic carbocycles. The van der Waals surface area contributed by atoms with Crippen molar-refractivity contribution >= 4 is 39.4 Å². The summed E-state index contributed by atoms with van der Waals surface area (Å²) in [5, 5.41) is 5.69. The molecule has 1 aliphatic rings. The van der Waals surface area contributed by atoms with Gasteiger partial charge in [-0.25, -0.2) is 0 Å². The van der Waals surface area contributed by atoms with E-state index in [-0.39, 0.29) is 6.04 Å². The summed E-state index contributed by atoms with van der Waals surface area (Å²) in [6, 6.07) is 7.80. The Bertz CT molecular complexity index is 844. The smallest absolute Gasteiger partial charge is 0.249 e. The van der Waals surface area contributed by atoms with Crippen molar-refractivity contribution in [3.63, 3.8) is 0 Å². The Labute approximate surface area is 135 Å². The molecule has 5 nitrogen and oxygen atoms in total.